The number of carboxylic acid groups (broad SMARTS) is 1. The fourth-order valence-corrected chi connectivity index (χ4v) is 1.47. The second-order valence-corrected chi connectivity index (χ2v) is 3.81. The van der Waals surface area contributed by atoms with Gasteiger partial charge in [-0.3, -0.25) is 10.1 Å². The summed E-state index contributed by atoms with van der Waals surface area (Å²) < 4.78 is 9.70. The number of amides is 2. The average molecular weight is 281 g/mol. The first-order chi connectivity index (χ1) is 9.45. The summed E-state index contributed by atoms with van der Waals surface area (Å²) in [6.07, 6.45) is -0.871. The number of benzene rings is 1. The summed E-state index contributed by atoms with van der Waals surface area (Å²) in [5.41, 5.74) is 0.530. The van der Waals surface area contributed by atoms with Crippen LogP contribution in [0, 0.1) is 6.92 Å². The maximum atomic E-state index is 11.4. The van der Waals surface area contributed by atoms with Crippen molar-refractivity contribution in [2.75, 3.05) is 13.2 Å². The van der Waals surface area contributed by atoms with Crippen LogP contribution in [0.25, 0.3) is 0 Å². The number of hydrogen-bond donors (Lipinski definition) is 2. The molecule has 2 N–H and O–H groups in total. The summed E-state index contributed by atoms with van der Waals surface area (Å²) in [7, 11) is 0. The van der Waals surface area contributed by atoms with Crippen molar-refractivity contribution in [1.29, 1.82) is 0 Å². The predicted molar refractivity (Wildman–Crippen MR) is 68.8 cm³/mol. The van der Waals surface area contributed by atoms with Gasteiger partial charge in [0, 0.05) is 0 Å². The number of carbonyl (C=O) groups excluding carboxylic acids is 2. The summed E-state index contributed by atoms with van der Waals surface area (Å²) >= 11 is 0. The van der Waals surface area contributed by atoms with E-state index in [0.29, 0.717) is 5.56 Å². The first-order valence-electron chi connectivity index (χ1n) is 5.88. The van der Waals surface area contributed by atoms with Gasteiger partial charge in [0.25, 0.3) is 5.91 Å². The van der Waals surface area contributed by atoms with Crippen molar-refractivity contribution in [3.8, 4) is 5.75 Å². The van der Waals surface area contributed by atoms with E-state index in [-0.39, 0.29) is 17.9 Å². The molecule has 1 aromatic carbocycles. The molecule has 0 spiro atoms. The molecule has 0 saturated carbocycles. The van der Waals surface area contributed by atoms with E-state index < -0.39 is 24.6 Å². The maximum absolute atomic E-state index is 11.4. The summed E-state index contributed by atoms with van der Waals surface area (Å²) in [6.45, 7) is 2.92. The van der Waals surface area contributed by atoms with Gasteiger partial charge >= 0.3 is 12.1 Å². The molecule has 0 aliphatic heterocycles. The molecular weight excluding hydrogens is 266 g/mol. The van der Waals surface area contributed by atoms with E-state index in [1.54, 1.807) is 26.0 Å². The summed E-state index contributed by atoms with van der Waals surface area (Å²) in [6, 6.07) is 4.60. The zero-order valence-electron chi connectivity index (χ0n) is 11.1. The standard InChI is InChI=1S/C13H15NO6/c1-3-19-13(18)14-10(15)7-20-11-8(2)5-4-6-9(11)12(16)17/h4-6H,3,7H2,1-2H3,(H,16,17)(H,14,15,18). The predicted octanol–water partition coefficient (Wildman–Crippen LogP) is 1.34. The van der Waals surface area contributed by atoms with E-state index in [1.807, 2.05) is 5.32 Å². The largest absolute Gasteiger partial charge is 0.483 e. The van der Waals surface area contributed by atoms with Gasteiger partial charge in [0.2, 0.25) is 0 Å². The average Bonchev–Trinajstić information content (AvgIpc) is 2.37. The van der Waals surface area contributed by atoms with Gasteiger partial charge in [0.15, 0.2) is 6.61 Å². The fourth-order valence-electron chi connectivity index (χ4n) is 1.47. The summed E-state index contributed by atoms with van der Waals surface area (Å²) in [5, 5.41) is 11.0. The number of aryl methyl sites for hydroxylation is 1. The highest BCUT2D eigenvalue weighted by molar-refractivity contribution is 5.93. The SMILES string of the molecule is CCOC(=O)NC(=O)COc1c(C)cccc1C(=O)O. The molecule has 0 saturated heterocycles. The monoisotopic (exact) mass is 281 g/mol. The lowest BCUT2D eigenvalue weighted by molar-refractivity contribution is -0.122. The molecule has 0 aromatic heterocycles. The molecule has 20 heavy (non-hydrogen) atoms. The van der Waals surface area contributed by atoms with Gasteiger partial charge in [-0.15, -0.1) is 0 Å². The van der Waals surface area contributed by atoms with E-state index in [4.69, 9.17) is 9.84 Å². The molecule has 7 heteroatoms. The topological polar surface area (TPSA) is 102 Å². The number of alkyl carbamates (subject to hydrolysis) is 1. The fraction of sp³-hybridized carbons (Fsp3) is 0.308. The van der Waals surface area contributed by atoms with E-state index >= 15 is 0 Å². The minimum Gasteiger partial charge on any atom is -0.483 e. The van der Waals surface area contributed by atoms with E-state index in [1.165, 1.54) is 6.07 Å². The molecule has 0 unspecified atom stereocenters. The Labute approximate surface area is 115 Å². The van der Waals surface area contributed by atoms with Crippen LogP contribution in [-0.4, -0.2) is 36.3 Å². The minimum atomic E-state index is -1.16. The van der Waals surface area contributed by atoms with Crippen LogP contribution in [-0.2, 0) is 9.53 Å². The van der Waals surface area contributed by atoms with Crippen LogP contribution < -0.4 is 10.1 Å². The van der Waals surface area contributed by atoms with Gasteiger partial charge < -0.3 is 14.6 Å². The van der Waals surface area contributed by atoms with Crippen molar-refractivity contribution in [2.45, 2.75) is 13.8 Å². The Kier molecular flexibility index (Phi) is 5.52. The van der Waals surface area contributed by atoms with Gasteiger partial charge in [-0.25, -0.2) is 9.59 Å². The lowest BCUT2D eigenvalue weighted by Crippen LogP contribution is -2.35. The molecule has 0 bridgehead atoms. The van der Waals surface area contributed by atoms with Crippen LogP contribution in [0.1, 0.15) is 22.8 Å². The van der Waals surface area contributed by atoms with Crippen LogP contribution in [0.5, 0.6) is 5.75 Å². The molecule has 0 heterocycles. The lowest BCUT2D eigenvalue weighted by atomic mass is 10.1. The summed E-state index contributed by atoms with van der Waals surface area (Å²) in [4.78, 5) is 33.4. The van der Waals surface area contributed by atoms with Crippen molar-refractivity contribution >= 4 is 18.0 Å². The van der Waals surface area contributed by atoms with E-state index in [9.17, 15) is 14.4 Å². The second kappa shape index (κ2) is 7.13. The summed E-state index contributed by atoms with van der Waals surface area (Å²) in [5.74, 6) is -1.78. The number of carboxylic acids is 1. The number of aromatic carboxylic acids is 1. The van der Waals surface area contributed by atoms with Crippen LogP contribution in [0.2, 0.25) is 0 Å². The molecule has 0 radical (unpaired) electrons. The third-order valence-corrected chi connectivity index (χ3v) is 2.31. The molecule has 1 aromatic rings. The van der Waals surface area contributed by atoms with Crippen molar-refractivity contribution < 1.29 is 29.0 Å². The van der Waals surface area contributed by atoms with Crippen LogP contribution >= 0.6 is 0 Å². The maximum Gasteiger partial charge on any atom is 0.413 e. The highest BCUT2D eigenvalue weighted by Crippen LogP contribution is 2.23. The Balaban J connectivity index is 2.68. The van der Waals surface area contributed by atoms with Gasteiger partial charge in [0.1, 0.15) is 11.3 Å². The van der Waals surface area contributed by atoms with Crippen molar-refractivity contribution in [2.24, 2.45) is 0 Å². The van der Waals surface area contributed by atoms with Gasteiger partial charge in [-0.05, 0) is 25.5 Å². The molecule has 108 valence electrons. The van der Waals surface area contributed by atoms with Crippen molar-refractivity contribution in [3.63, 3.8) is 0 Å². The third-order valence-electron chi connectivity index (χ3n) is 2.31. The molecule has 0 atom stereocenters. The minimum absolute atomic E-state index is 0.0473. The Morgan fingerprint density at radius 2 is 2.00 bits per heavy atom. The number of rotatable bonds is 5. The van der Waals surface area contributed by atoms with E-state index in [0.717, 1.165) is 0 Å². The normalized spacial score (nSPS) is 9.70. The van der Waals surface area contributed by atoms with Gasteiger partial charge in [-0.1, -0.05) is 12.1 Å². The molecule has 1 rings (SSSR count). The molecular formula is C13H15NO6. The highest BCUT2D eigenvalue weighted by atomic mass is 16.5. The van der Waals surface area contributed by atoms with Crippen LogP contribution in [0.15, 0.2) is 18.2 Å². The first kappa shape index (κ1) is 15.5. The lowest BCUT2D eigenvalue weighted by Gasteiger charge is -2.11. The zero-order chi connectivity index (χ0) is 15.1. The molecule has 0 fully saturated rings. The van der Waals surface area contributed by atoms with Gasteiger partial charge in [0.05, 0.1) is 6.61 Å². The number of ether oxygens (including phenoxy) is 2. The first-order valence-corrected chi connectivity index (χ1v) is 5.88. The smallest absolute Gasteiger partial charge is 0.413 e. The molecule has 7 nitrogen and oxygen atoms in total. The van der Waals surface area contributed by atoms with Crippen LogP contribution in [0.4, 0.5) is 4.79 Å². The number of hydrogen-bond acceptors (Lipinski definition) is 5. The molecule has 2 amide bonds. The molecule has 0 aliphatic rings. The Bertz CT molecular complexity index is 526. The van der Waals surface area contributed by atoms with Crippen molar-refractivity contribution in [3.05, 3.63) is 29.3 Å². The second-order valence-electron chi connectivity index (χ2n) is 3.81. The molecule has 0 aliphatic carbocycles. The quantitative estimate of drug-likeness (QED) is 0.844. The van der Waals surface area contributed by atoms with Gasteiger partial charge in [-0.2, -0.15) is 0 Å². The van der Waals surface area contributed by atoms with Crippen molar-refractivity contribution in [1.82, 2.24) is 5.32 Å². The Morgan fingerprint density at radius 1 is 1.30 bits per heavy atom. The number of imide groups is 1. The number of para-hydroxylation sites is 1. The highest BCUT2D eigenvalue weighted by Gasteiger charge is 2.15. The third kappa shape index (κ3) is 4.27. The Hall–Kier alpha value is -2.57. The number of nitrogens with one attached hydrogen (secondary N) is 1. The number of carbonyl (C=O) groups is 3. The van der Waals surface area contributed by atoms with Crippen LogP contribution in [0.3, 0.4) is 0 Å². The Morgan fingerprint density at radius 3 is 2.60 bits per heavy atom. The van der Waals surface area contributed by atoms with E-state index in [2.05, 4.69) is 4.74 Å². The zero-order valence-corrected chi connectivity index (χ0v) is 11.1.